The summed E-state index contributed by atoms with van der Waals surface area (Å²) in [6.07, 6.45) is -1.80. The van der Waals surface area contributed by atoms with Crippen LogP contribution in [0.4, 0.5) is 18.9 Å². The van der Waals surface area contributed by atoms with Crippen LogP contribution in [0.15, 0.2) is 48.5 Å². The predicted molar refractivity (Wildman–Crippen MR) is 91.7 cm³/mol. The molecule has 0 saturated heterocycles. The maximum atomic E-state index is 12.7. The SMILES string of the molecule is CCOc1ccccc1/C=C/C(=O)Nc1cc(C(F)(F)F)ccc1Cl. The third-order valence-electron chi connectivity index (χ3n) is 3.18. The number of nitrogens with one attached hydrogen (secondary N) is 1. The van der Waals surface area contributed by atoms with Crippen molar-refractivity contribution < 1.29 is 22.7 Å². The second kappa shape index (κ2) is 8.07. The molecule has 1 amide bonds. The van der Waals surface area contributed by atoms with Crippen molar-refractivity contribution in [2.75, 3.05) is 11.9 Å². The number of benzene rings is 2. The quantitative estimate of drug-likeness (QED) is 0.716. The first kappa shape index (κ1) is 18.9. The molecule has 0 saturated carbocycles. The topological polar surface area (TPSA) is 38.3 Å². The fraction of sp³-hybridized carbons (Fsp3) is 0.167. The summed E-state index contributed by atoms with van der Waals surface area (Å²) in [7, 11) is 0. The van der Waals surface area contributed by atoms with E-state index in [1.807, 2.05) is 6.92 Å². The van der Waals surface area contributed by atoms with E-state index in [-0.39, 0.29) is 10.7 Å². The van der Waals surface area contributed by atoms with Crippen LogP contribution in [-0.2, 0) is 11.0 Å². The number of anilines is 1. The largest absolute Gasteiger partial charge is 0.493 e. The fourth-order valence-corrected chi connectivity index (χ4v) is 2.21. The van der Waals surface area contributed by atoms with E-state index in [1.54, 1.807) is 24.3 Å². The van der Waals surface area contributed by atoms with Crippen LogP contribution in [0.1, 0.15) is 18.1 Å². The Balaban J connectivity index is 2.16. The van der Waals surface area contributed by atoms with Gasteiger partial charge in [-0.1, -0.05) is 29.8 Å². The van der Waals surface area contributed by atoms with Gasteiger partial charge < -0.3 is 10.1 Å². The first-order chi connectivity index (χ1) is 11.8. The van der Waals surface area contributed by atoms with E-state index in [9.17, 15) is 18.0 Å². The Morgan fingerprint density at radius 3 is 2.64 bits per heavy atom. The molecular formula is C18H15ClF3NO2. The molecule has 0 aromatic heterocycles. The van der Waals surface area contributed by atoms with Crippen molar-refractivity contribution in [1.82, 2.24) is 0 Å². The summed E-state index contributed by atoms with van der Waals surface area (Å²) in [6.45, 7) is 2.31. The van der Waals surface area contributed by atoms with Crippen molar-refractivity contribution in [2.24, 2.45) is 0 Å². The molecule has 0 atom stereocenters. The number of halogens is 4. The Bertz CT molecular complexity index is 788. The molecule has 0 fully saturated rings. The Hall–Kier alpha value is -2.47. The zero-order chi connectivity index (χ0) is 18.4. The number of carbonyl (C=O) groups excluding carboxylic acids is 1. The molecule has 0 aliphatic carbocycles. The van der Waals surface area contributed by atoms with Crippen molar-refractivity contribution in [3.8, 4) is 5.75 Å². The second-order valence-electron chi connectivity index (χ2n) is 4.99. The van der Waals surface area contributed by atoms with E-state index in [2.05, 4.69) is 5.32 Å². The van der Waals surface area contributed by atoms with Crippen LogP contribution in [0.3, 0.4) is 0 Å². The summed E-state index contributed by atoms with van der Waals surface area (Å²) in [5.74, 6) is -0.00122. The first-order valence-electron chi connectivity index (χ1n) is 7.39. The third kappa shape index (κ3) is 5.26. The summed E-state index contributed by atoms with van der Waals surface area (Å²) in [6, 6.07) is 9.83. The van der Waals surface area contributed by atoms with Gasteiger partial charge in [0.2, 0.25) is 5.91 Å². The van der Waals surface area contributed by atoms with Gasteiger partial charge in [-0.2, -0.15) is 13.2 Å². The molecule has 2 aromatic carbocycles. The van der Waals surface area contributed by atoms with Crippen molar-refractivity contribution in [3.05, 3.63) is 64.7 Å². The molecule has 3 nitrogen and oxygen atoms in total. The second-order valence-corrected chi connectivity index (χ2v) is 5.39. The third-order valence-corrected chi connectivity index (χ3v) is 3.51. The molecular weight excluding hydrogens is 355 g/mol. The molecule has 0 unspecified atom stereocenters. The van der Waals surface area contributed by atoms with E-state index >= 15 is 0 Å². The number of ether oxygens (including phenoxy) is 1. The van der Waals surface area contributed by atoms with E-state index in [4.69, 9.17) is 16.3 Å². The van der Waals surface area contributed by atoms with Crippen molar-refractivity contribution in [1.29, 1.82) is 0 Å². The molecule has 0 aliphatic rings. The minimum absolute atomic E-state index is 0.0180. The maximum Gasteiger partial charge on any atom is 0.416 e. The Morgan fingerprint density at radius 1 is 1.24 bits per heavy atom. The molecule has 0 bridgehead atoms. The standard InChI is InChI=1S/C18H15ClF3NO2/c1-2-25-16-6-4-3-5-12(16)7-10-17(24)23-15-11-13(18(20,21)22)8-9-14(15)19/h3-11H,2H2,1H3,(H,23,24)/b10-7+. The van der Waals surface area contributed by atoms with Crippen LogP contribution in [0.25, 0.3) is 6.08 Å². The van der Waals surface area contributed by atoms with Gasteiger partial charge in [-0.25, -0.2) is 0 Å². The smallest absolute Gasteiger partial charge is 0.416 e. The molecule has 1 N–H and O–H groups in total. The highest BCUT2D eigenvalue weighted by Crippen LogP contribution is 2.33. The maximum absolute atomic E-state index is 12.7. The van der Waals surface area contributed by atoms with Gasteiger partial charge in [0.1, 0.15) is 5.75 Å². The lowest BCUT2D eigenvalue weighted by molar-refractivity contribution is -0.137. The first-order valence-corrected chi connectivity index (χ1v) is 7.76. The van der Waals surface area contributed by atoms with Crippen LogP contribution < -0.4 is 10.1 Å². The Morgan fingerprint density at radius 2 is 1.96 bits per heavy atom. The number of hydrogen-bond acceptors (Lipinski definition) is 2. The number of alkyl halides is 3. The average Bonchev–Trinajstić information content (AvgIpc) is 2.55. The number of rotatable bonds is 5. The van der Waals surface area contributed by atoms with Crippen molar-refractivity contribution in [3.63, 3.8) is 0 Å². The molecule has 2 aromatic rings. The van der Waals surface area contributed by atoms with Gasteiger partial charge in [-0.05, 0) is 37.3 Å². The lowest BCUT2D eigenvalue weighted by Gasteiger charge is -2.10. The molecule has 7 heteroatoms. The van der Waals surface area contributed by atoms with Gasteiger partial charge >= 0.3 is 6.18 Å². The van der Waals surface area contributed by atoms with Gasteiger partial charge in [-0.3, -0.25) is 4.79 Å². The zero-order valence-corrected chi connectivity index (χ0v) is 14.0. The number of para-hydroxylation sites is 1. The van der Waals surface area contributed by atoms with Gasteiger partial charge in [0, 0.05) is 11.6 Å². The van der Waals surface area contributed by atoms with Crippen LogP contribution >= 0.6 is 11.6 Å². The minimum atomic E-state index is -4.52. The molecule has 25 heavy (non-hydrogen) atoms. The molecule has 132 valence electrons. The van der Waals surface area contributed by atoms with Gasteiger partial charge in [0.25, 0.3) is 0 Å². The lowest BCUT2D eigenvalue weighted by atomic mass is 10.1. The van der Waals surface area contributed by atoms with Crippen LogP contribution in [-0.4, -0.2) is 12.5 Å². The lowest BCUT2D eigenvalue weighted by Crippen LogP contribution is -2.11. The van der Waals surface area contributed by atoms with Gasteiger partial charge in [0.15, 0.2) is 0 Å². The highest BCUT2D eigenvalue weighted by molar-refractivity contribution is 6.33. The number of carbonyl (C=O) groups is 1. The van der Waals surface area contributed by atoms with Crippen molar-refractivity contribution in [2.45, 2.75) is 13.1 Å². The Kier molecular flexibility index (Phi) is 6.09. The highest BCUT2D eigenvalue weighted by atomic mass is 35.5. The summed E-state index contributed by atoms with van der Waals surface area (Å²) < 4.78 is 43.6. The number of hydrogen-bond donors (Lipinski definition) is 1. The molecule has 0 spiro atoms. The van der Waals surface area contributed by atoms with Crippen LogP contribution in [0, 0.1) is 0 Å². The van der Waals surface area contributed by atoms with Crippen molar-refractivity contribution >= 4 is 29.3 Å². The summed E-state index contributed by atoms with van der Waals surface area (Å²) in [5.41, 5.74) is -0.322. The van der Waals surface area contributed by atoms with E-state index in [0.29, 0.717) is 17.9 Å². The average molecular weight is 370 g/mol. The minimum Gasteiger partial charge on any atom is -0.493 e. The summed E-state index contributed by atoms with van der Waals surface area (Å²) >= 11 is 5.85. The summed E-state index contributed by atoms with van der Waals surface area (Å²) in [5, 5.41) is 2.36. The van der Waals surface area contributed by atoms with E-state index < -0.39 is 17.6 Å². The molecule has 0 heterocycles. The normalized spacial score (nSPS) is 11.6. The van der Waals surface area contributed by atoms with Crippen LogP contribution in [0.2, 0.25) is 5.02 Å². The highest BCUT2D eigenvalue weighted by Gasteiger charge is 2.31. The van der Waals surface area contributed by atoms with Crippen LogP contribution in [0.5, 0.6) is 5.75 Å². The molecule has 2 rings (SSSR count). The Labute approximate surface area is 148 Å². The number of amides is 1. The zero-order valence-electron chi connectivity index (χ0n) is 13.2. The molecule has 0 aliphatic heterocycles. The van der Waals surface area contributed by atoms with Gasteiger partial charge in [-0.15, -0.1) is 0 Å². The fourth-order valence-electron chi connectivity index (χ4n) is 2.04. The molecule has 0 radical (unpaired) electrons. The van der Waals surface area contributed by atoms with E-state index in [1.165, 1.54) is 12.2 Å². The predicted octanol–water partition coefficient (Wildman–Crippen LogP) is 5.41. The summed E-state index contributed by atoms with van der Waals surface area (Å²) in [4.78, 5) is 12.0. The van der Waals surface area contributed by atoms with E-state index in [0.717, 1.165) is 18.2 Å². The van der Waals surface area contributed by atoms with Gasteiger partial charge in [0.05, 0.1) is 22.9 Å². The monoisotopic (exact) mass is 369 g/mol.